The molecule has 1 N–H and O–H groups in total. The molecule has 0 aromatic carbocycles. The fourth-order valence-corrected chi connectivity index (χ4v) is 1.87. The van der Waals surface area contributed by atoms with E-state index >= 15 is 0 Å². The van der Waals surface area contributed by atoms with E-state index in [0.29, 0.717) is 0 Å². The summed E-state index contributed by atoms with van der Waals surface area (Å²) in [5, 5.41) is 4.95. The molecule has 1 atom stereocenters. The molecule has 0 aliphatic carbocycles. The van der Waals surface area contributed by atoms with E-state index in [1.807, 2.05) is 0 Å². The van der Waals surface area contributed by atoms with Crippen molar-refractivity contribution in [2.45, 2.75) is 12.5 Å². The Kier molecular flexibility index (Phi) is 7.24. The highest BCUT2D eigenvalue weighted by Gasteiger charge is 2.19. The second-order valence-electron chi connectivity index (χ2n) is 3.49. The van der Waals surface area contributed by atoms with Gasteiger partial charge in [0.1, 0.15) is 0 Å². The number of halogens is 1. The summed E-state index contributed by atoms with van der Waals surface area (Å²) in [6, 6.07) is -1.06. The van der Waals surface area contributed by atoms with Crippen LogP contribution < -0.4 is 5.32 Å². The lowest BCUT2D eigenvalue weighted by molar-refractivity contribution is -0.122. The van der Waals surface area contributed by atoms with Gasteiger partial charge in [0.05, 0.1) is 5.75 Å². The van der Waals surface area contributed by atoms with E-state index in [4.69, 9.17) is 11.6 Å². The number of nitrogens with zero attached hydrogens (tertiary/aromatic N) is 2. The summed E-state index contributed by atoms with van der Waals surface area (Å²) in [6.45, 7) is -0.0619. The number of alkyl halides is 1. The van der Waals surface area contributed by atoms with Crippen LogP contribution in [0, 0.1) is 4.91 Å². The summed E-state index contributed by atoms with van der Waals surface area (Å²) in [5.41, 5.74) is 0. The first kappa shape index (κ1) is 16.3. The molecular weight excluding hydrogens is 270 g/mol. The number of sulfonamides is 1. The predicted molar refractivity (Wildman–Crippen MR) is 65.4 cm³/mol. The van der Waals surface area contributed by atoms with Gasteiger partial charge < -0.3 is 5.32 Å². The third-order valence-electron chi connectivity index (χ3n) is 2.03. The second-order valence-corrected chi connectivity index (χ2v) is 6.17. The van der Waals surface area contributed by atoms with Crippen molar-refractivity contribution < 1.29 is 13.2 Å². The first-order valence-electron chi connectivity index (χ1n) is 4.91. The number of nitrogens with one attached hydrogen (secondary N) is 1. The lowest BCUT2D eigenvalue weighted by Crippen LogP contribution is -2.38. The van der Waals surface area contributed by atoms with Crippen LogP contribution in [-0.2, 0) is 14.8 Å². The Hall–Kier alpha value is -0.730. The number of nitroso groups, excluding NO2 is 1. The largest absolute Gasteiger partial charge is 0.353 e. The molecule has 7 nitrogen and oxygen atoms in total. The minimum atomic E-state index is -3.35. The molecule has 100 valence electrons. The number of amides is 1. The van der Waals surface area contributed by atoms with Crippen molar-refractivity contribution in [2.75, 3.05) is 32.3 Å². The molecule has 9 heteroatoms. The van der Waals surface area contributed by atoms with Gasteiger partial charge >= 0.3 is 0 Å². The molecule has 0 heterocycles. The Morgan fingerprint density at radius 3 is 2.47 bits per heavy atom. The van der Waals surface area contributed by atoms with Crippen LogP contribution in [0.4, 0.5) is 0 Å². The van der Waals surface area contributed by atoms with Gasteiger partial charge in [0.2, 0.25) is 15.9 Å². The zero-order chi connectivity index (χ0) is 13.5. The lowest BCUT2D eigenvalue weighted by Gasteiger charge is -2.12. The maximum atomic E-state index is 11.3. The van der Waals surface area contributed by atoms with E-state index < -0.39 is 22.0 Å². The molecule has 0 saturated carbocycles. The minimum Gasteiger partial charge on any atom is -0.353 e. The van der Waals surface area contributed by atoms with Gasteiger partial charge in [-0.3, -0.25) is 4.79 Å². The predicted octanol–water partition coefficient (Wildman–Crippen LogP) is -0.242. The molecule has 1 unspecified atom stereocenters. The van der Waals surface area contributed by atoms with Crippen LogP contribution >= 0.6 is 11.6 Å². The lowest BCUT2D eigenvalue weighted by atomic mass is 10.2. The smallest absolute Gasteiger partial charge is 0.248 e. The SMILES string of the molecule is CN(C)S(=O)(=O)CCNC(=O)C(CCCl)N=O. The number of carbonyl (C=O) groups excluding carboxylic acids is 1. The minimum absolute atomic E-state index is 0.0619. The van der Waals surface area contributed by atoms with Crippen molar-refractivity contribution >= 4 is 27.5 Å². The molecular formula is C8H16ClN3O4S. The standard InChI is InChI=1S/C8H16ClN3O4S/c1-12(2)17(15,16)6-5-10-8(13)7(11-14)3-4-9/h7H,3-6H2,1-2H3,(H,10,13). The van der Waals surface area contributed by atoms with E-state index in [9.17, 15) is 18.1 Å². The van der Waals surface area contributed by atoms with Gasteiger partial charge in [-0.2, -0.15) is 0 Å². The molecule has 0 aromatic heterocycles. The number of hydrogen-bond donors (Lipinski definition) is 1. The van der Waals surface area contributed by atoms with Crippen LogP contribution in [0.1, 0.15) is 6.42 Å². The van der Waals surface area contributed by atoms with Crippen molar-refractivity contribution in [1.29, 1.82) is 0 Å². The Bertz CT molecular complexity index is 358. The number of hydrogen-bond acceptors (Lipinski definition) is 5. The van der Waals surface area contributed by atoms with Crippen molar-refractivity contribution in [1.82, 2.24) is 9.62 Å². The van der Waals surface area contributed by atoms with E-state index in [2.05, 4.69) is 10.5 Å². The van der Waals surface area contributed by atoms with Crippen molar-refractivity contribution in [2.24, 2.45) is 5.18 Å². The Labute approximate surface area is 106 Å². The van der Waals surface area contributed by atoms with Crippen LogP contribution in [0.15, 0.2) is 5.18 Å². The normalized spacial score (nSPS) is 13.4. The van der Waals surface area contributed by atoms with Gasteiger partial charge in [0, 0.05) is 26.5 Å². The summed E-state index contributed by atoms with van der Waals surface area (Å²) >= 11 is 5.39. The van der Waals surface area contributed by atoms with E-state index in [1.54, 1.807) is 0 Å². The van der Waals surface area contributed by atoms with Crippen molar-refractivity contribution in [3.05, 3.63) is 4.91 Å². The van der Waals surface area contributed by atoms with Crippen LogP contribution in [-0.4, -0.2) is 56.9 Å². The first-order chi connectivity index (χ1) is 7.85. The maximum Gasteiger partial charge on any atom is 0.248 e. The molecule has 0 rings (SSSR count). The molecule has 0 radical (unpaired) electrons. The molecule has 0 spiro atoms. The maximum absolute atomic E-state index is 11.3. The third-order valence-corrected chi connectivity index (χ3v) is 4.08. The van der Waals surface area contributed by atoms with E-state index in [-0.39, 0.29) is 24.6 Å². The average Bonchev–Trinajstić information content (AvgIpc) is 2.25. The topological polar surface area (TPSA) is 95.9 Å². The van der Waals surface area contributed by atoms with Gasteiger partial charge in [0.15, 0.2) is 6.04 Å². The zero-order valence-corrected chi connectivity index (χ0v) is 11.3. The molecule has 0 bridgehead atoms. The fourth-order valence-electron chi connectivity index (χ4n) is 0.939. The Morgan fingerprint density at radius 1 is 1.47 bits per heavy atom. The second kappa shape index (κ2) is 7.57. The van der Waals surface area contributed by atoms with Gasteiger partial charge in [-0.1, -0.05) is 5.18 Å². The van der Waals surface area contributed by atoms with Gasteiger partial charge in [-0.25, -0.2) is 12.7 Å². The molecule has 0 fully saturated rings. The third kappa shape index (κ3) is 5.94. The molecule has 1 amide bonds. The van der Waals surface area contributed by atoms with Crippen molar-refractivity contribution in [3.63, 3.8) is 0 Å². The zero-order valence-electron chi connectivity index (χ0n) is 9.72. The molecule has 0 aromatic rings. The summed E-state index contributed by atoms with van der Waals surface area (Å²) in [4.78, 5) is 21.7. The quantitative estimate of drug-likeness (QED) is 0.492. The average molecular weight is 286 g/mol. The van der Waals surface area contributed by atoms with E-state index in [1.165, 1.54) is 14.1 Å². The van der Waals surface area contributed by atoms with Crippen LogP contribution in [0.25, 0.3) is 0 Å². The first-order valence-corrected chi connectivity index (χ1v) is 7.06. The summed E-state index contributed by atoms with van der Waals surface area (Å²) < 4.78 is 23.8. The summed E-state index contributed by atoms with van der Waals surface area (Å²) in [5.74, 6) is -0.688. The highest BCUT2D eigenvalue weighted by Crippen LogP contribution is 2.00. The van der Waals surface area contributed by atoms with Gasteiger partial charge in [-0.05, 0) is 6.42 Å². The van der Waals surface area contributed by atoms with Crippen LogP contribution in [0.5, 0.6) is 0 Å². The molecule has 0 saturated heterocycles. The van der Waals surface area contributed by atoms with Gasteiger partial charge in [0.25, 0.3) is 0 Å². The number of carbonyl (C=O) groups is 1. The van der Waals surface area contributed by atoms with E-state index in [0.717, 1.165) is 4.31 Å². The van der Waals surface area contributed by atoms with Crippen LogP contribution in [0.2, 0.25) is 0 Å². The monoisotopic (exact) mass is 285 g/mol. The highest BCUT2D eigenvalue weighted by atomic mass is 35.5. The van der Waals surface area contributed by atoms with Crippen LogP contribution in [0.3, 0.4) is 0 Å². The molecule has 0 aliphatic rings. The Morgan fingerprint density at radius 2 is 2.06 bits per heavy atom. The molecule has 0 aliphatic heterocycles. The van der Waals surface area contributed by atoms with Crippen molar-refractivity contribution in [3.8, 4) is 0 Å². The number of rotatable bonds is 8. The van der Waals surface area contributed by atoms with Gasteiger partial charge in [-0.15, -0.1) is 16.5 Å². The summed E-state index contributed by atoms with van der Waals surface area (Å²) in [7, 11) is -0.548. The Balaban J connectivity index is 4.13. The highest BCUT2D eigenvalue weighted by molar-refractivity contribution is 7.89. The fraction of sp³-hybridized carbons (Fsp3) is 0.875. The molecule has 17 heavy (non-hydrogen) atoms. The summed E-state index contributed by atoms with van der Waals surface area (Å²) in [6.07, 6.45) is 0.136.